The molecule has 4 rings (SSSR count). The molecule has 31 heavy (non-hydrogen) atoms. The van der Waals surface area contributed by atoms with Crippen LogP contribution in [-0.2, 0) is 11.2 Å². The summed E-state index contributed by atoms with van der Waals surface area (Å²) in [7, 11) is 0. The number of hydrogen-bond donors (Lipinski definition) is 2. The van der Waals surface area contributed by atoms with Crippen LogP contribution in [0.3, 0.4) is 0 Å². The molecule has 0 aliphatic carbocycles. The zero-order valence-electron chi connectivity index (χ0n) is 17.2. The number of para-hydroxylation sites is 1. The Balaban J connectivity index is 0.00000272. The quantitative estimate of drug-likeness (QED) is 0.615. The fraction of sp³-hybridized carbons (Fsp3) is 0.304. The van der Waals surface area contributed by atoms with E-state index in [0.29, 0.717) is 44.0 Å². The van der Waals surface area contributed by atoms with Crippen LogP contribution in [0.4, 0.5) is 5.69 Å². The second kappa shape index (κ2) is 10.2. The number of carbonyl (C=O) groups excluding carboxylic acids is 1. The van der Waals surface area contributed by atoms with Gasteiger partial charge in [-0.3, -0.25) is 4.79 Å². The van der Waals surface area contributed by atoms with E-state index in [4.69, 9.17) is 10.5 Å². The smallest absolute Gasteiger partial charge is 0.260 e. The minimum atomic E-state index is -0.0282. The highest BCUT2D eigenvalue weighted by molar-refractivity contribution is 5.85. The van der Waals surface area contributed by atoms with Gasteiger partial charge in [0.05, 0.1) is 11.3 Å². The van der Waals surface area contributed by atoms with Crippen LogP contribution in [0.2, 0.25) is 0 Å². The predicted molar refractivity (Wildman–Crippen MR) is 124 cm³/mol. The zero-order valence-corrected chi connectivity index (χ0v) is 18.0. The Hall–Kier alpha value is -3.21. The number of anilines is 1. The molecule has 7 nitrogen and oxygen atoms in total. The number of H-pyrrole nitrogens is 1. The van der Waals surface area contributed by atoms with Crippen molar-refractivity contribution in [1.82, 2.24) is 9.88 Å². The molecule has 1 saturated heterocycles. The summed E-state index contributed by atoms with van der Waals surface area (Å²) in [4.78, 5) is 19.8. The standard InChI is InChI=1S/C23H25N5O2.ClH/c24-8-7-18-15-26-21-6-5-19(13-20(18)21)30-16-23(29)28-11-9-27(10-12-28)22-4-2-1-3-17(22)14-25;/h1-6,13,15,26H,7-12,16,24H2;1H. The number of halogens is 1. The second-order valence-electron chi connectivity index (χ2n) is 7.35. The third kappa shape index (κ3) is 4.93. The van der Waals surface area contributed by atoms with Gasteiger partial charge in [0.1, 0.15) is 11.8 Å². The summed E-state index contributed by atoms with van der Waals surface area (Å²) < 4.78 is 5.79. The third-order valence-corrected chi connectivity index (χ3v) is 5.51. The predicted octanol–water partition coefficient (Wildman–Crippen LogP) is 2.69. The molecule has 1 aliphatic rings. The lowest BCUT2D eigenvalue weighted by atomic mass is 10.1. The van der Waals surface area contributed by atoms with E-state index in [1.54, 1.807) is 0 Å². The minimum absolute atomic E-state index is 0. The molecule has 0 spiro atoms. The highest BCUT2D eigenvalue weighted by Gasteiger charge is 2.23. The fourth-order valence-corrected chi connectivity index (χ4v) is 3.89. The molecule has 0 radical (unpaired) electrons. The van der Waals surface area contributed by atoms with Crippen molar-refractivity contribution in [2.24, 2.45) is 5.73 Å². The molecule has 3 N–H and O–H groups in total. The van der Waals surface area contributed by atoms with Gasteiger partial charge in [0.15, 0.2) is 6.61 Å². The van der Waals surface area contributed by atoms with Crippen molar-refractivity contribution in [3.05, 3.63) is 59.8 Å². The number of amides is 1. The van der Waals surface area contributed by atoms with E-state index in [1.165, 1.54) is 0 Å². The number of fused-ring (bicyclic) bond motifs is 1. The molecule has 2 aromatic carbocycles. The zero-order chi connectivity index (χ0) is 20.9. The molecule has 1 amide bonds. The summed E-state index contributed by atoms with van der Waals surface area (Å²) >= 11 is 0. The number of nitrogens with two attached hydrogens (primary N) is 1. The van der Waals surface area contributed by atoms with Crippen LogP contribution in [0.15, 0.2) is 48.7 Å². The second-order valence-corrected chi connectivity index (χ2v) is 7.35. The number of ether oxygens (including phenoxy) is 1. The Bertz CT molecular complexity index is 1080. The van der Waals surface area contributed by atoms with Crippen LogP contribution < -0.4 is 15.4 Å². The van der Waals surface area contributed by atoms with E-state index in [0.717, 1.165) is 28.6 Å². The number of rotatable bonds is 6. The number of aromatic nitrogens is 1. The Morgan fingerprint density at radius 2 is 1.94 bits per heavy atom. The molecular formula is C23H26ClN5O2. The molecule has 2 heterocycles. The molecule has 1 aromatic heterocycles. The van der Waals surface area contributed by atoms with Crippen molar-refractivity contribution in [2.45, 2.75) is 6.42 Å². The van der Waals surface area contributed by atoms with Crippen molar-refractivity contribution >= 4 is 34.9 Å². The average Bonchev–Trinajstić information content (AvgIpc) is 3.20. The summed E-state index contributed by atoms with van der Waals surface area (Å²) in [5.74, 6) is 0.648. The molecule has 3 aromatic rings. The highest BCUT2D eigenvalue weighted by atomic mass is 35.5. The van der Waals surface area contributed by atoms with Gasteiger partial charge in [-0.1, -0.05) is 12.1 Å². The molecular weight excluding hydrogens is 414 g/mol. The normalized spacial score (nSPS) is 13.5. The number of piperazine rings is 1. The topological polar surface area (TPSA) is 98.4 Å². The molecule has 0 unspecified atom stereocenters. The lowest BCUT2D eigenvalue weighted by Gasteiger charge is -2.36. The van der Waals surface area contributed by atoms with E-state index in [2.05, 4.69) is 16.0 Å². The number of hydrogen-bond acceptors (Lipinski definition) is 5. The Morgan fingerprint density at radius 1 is 1.16 bits per heavy atom. The number of nitrogens with one attached hydrogen (secondary N) is 1. The van der Waals surface area contributed by atoms with Crippen LogP contribution in [0.5, 0.6) is 5.75 Å². The first-order valence-electron chi connectivity index (χ1n) is 10.1. The largest absolute Gasteiger partial charge is 0.484 e. The van der Waals surface area contributed by atoms with Gasteiger partial charge in [-0.05, 0) is 48.9 Å². The van der Waals surface area contributed by atoms with E-state index < -0.39 is 0 Å². The Morgan fingerprint density at radius 3 is 2.68 bits per heavy atom. The van der Waals surface area contributed by atoms with Crippen molar-refractivity contribution in [3.63, 3.8) is 0 Å². The van der Waals surface area contributed by atoms with Crippen LogP contribution in [0, 0.1) is 11.3 Å². The average molecular weight is 440 g/mol. The van der Waals surface area contributed by atoms with Gasteiger partial charge in [-0.25, -0.2) is 0 Å². The molecule has 0 saturated carbocycles. The summed E-state index contributed by atoms with van der Waals surface area (Å²) in [5.41, 5.74) is 9.45. The van der Waals surface area contributed by atoms with Gasteiger partial charge in [0.2, 0.25) is 0 Å². The molecule has 1 fully saturated rings. The van der Waals surface area contributed by atoms with Crippen molar-refractivity contribution in [3.8, 4) is 11.8 Å². The van der Waals surface area contributed by atoms with Gasteiger partial charge in [-0.15, -0.1) is 12.4 Å². The monoisotopic (exact) mass is 439 g/mol. The number of benzene rings is 2. The number of carbonyl (C=O) groups is 1. The number of nitrogens with zero attached hydrogens (tertiary/aromatic N) is 3. The highest BCUT2D eigenvalue weighted by Crippen LogP contribution is 2.24. The van der Waals surface area contributed by atoms with Crippen LogP contribution in [0.25, 0.3) is 10.9 Å². The SMILES string of the molecule is Cl.N#Cc1ccccc1N1CCN(C(=O)COc2ccc3[nH]cc(CCN)c3c2)CC1. The molecule has 0 bridgehead atoms. The van der Waals surface area contributed by atoms with E-state index in [-0.39, 0.29) is 24.9 Å². The van der Waals surface area contributed by atoms with E-state index in [1.807, 2.05) is 53.6 Å². The van der Waals surface area contributed by atoms with Crippen molar-refractivity contribution < 1.29 is 9.53 Å². The lowest BCUT2D eigenvalue weighted by molar-refractivity contribution is -0.133. The minimum Gasteiger partial charge on any atom is -0.484 e. The Kier molecular flexibility index (Phi) is 7.40. The van der Waals surface area contributed by atoms with Crippen molar-refractivity contribution in [1.29, 1.82) is 5.26 Å². The van der Waals surface area contributed by atoms with E-state index in [9.17, 15) is 10.1 Å². The number of nitriles is 1. The van der Waals surface area contributed by atoms with Crippen LogP contribution in [-0.4, -0.2) is 55.1 Å². The van der Waals surface area contributed by atoms with Gasteiger partial charge in [0.25, 0.3) is 5.91 Å². The third-order valence-electron chi connectivity index (χ3n) is 5.51. The van der Waals surface area contributed by atoms with Gasteiger partial charge >= 0.3 is 0 Å². The molecule has 162 valence electrons. The number of aromatic amines is 1. The molecule has 0 atom stereocenters. The Labute approximate surface area is 187 Å². The maximum atomic E-state index is 12.6. The van der Waals surface area contributed by atoms with Crippen molar-refractivity contribution in [2.75, 3.05) is 44.2 Å². The lowest BCUT2D eigenvalue weighted by Crippen LogP contribution is -2.50. The molecule has 1 aliphatic heterocycles. The summed E-state index contributed by atoms with van der Waals surface area (Å²) in [5, 5.41) is 10.4. The van der Waals surface area contributed by atoms with Gasteiger partial charge < -0.3 is 25.3 Å². The van der Waals surface area contributed by atoms with Gasteiger partial charge in [0, 0.05) is 43.3 Å². The van der Waals surface area contributed by atoms with Gasteiger partial charge in [-0.2, -0.15) is 5.26 Å². The summed E-state index contributed by atoms with van der Waals surface area (Å²) in [6.45, 7) is 3.21. The first kappa shape index (κ1) is 22.5. The first-order valence-corrected chi connectivity index (χ1v) is 10.1. The van der Waals surface area contributed by atoms with Crippen LogP contribution >= 0.6 is 12.4 Å². The van der Waals surface area contributed by atoms with E-state index >= 15 is 0 Å². The fourth-order valence-electron chi connectivity index (χ4n) is 3.89. The van der Waals surface area contributed by atoms with Crippen LogP contribution in [0.1, 0.15) is 11.1 Å². The first-order chi connectivity index (χ1) is 14.7. The maximum absolute atomic E-state index is 12.6. The summed E-state index contributed by atoms with van der Waals surface area (Å²) in [6.07, 6.45) is 2.76. The summed E-state index contributed by atoms with van der Waals surface area (Å²) in [6, 6.07) is 15.6. The molecule has 8 heteroatoms. The maximum Gasteiger partial charge on any atom is 0.260 e.